The van der Waals surface area contributed by atoms with Gasteiger partial charge in [0.15, 0.2) is 0 Å². The fraction of sp³-hybridized carbons (Fsp3) is 0.409. The van der Waals surface area contributed by atoms with Crippen LogP contribution in [0.1, 0.15) is 36.0 Å². The lowest BCUT2D eigenvalue weighted by Gasteiger charge is -2.20. The van der Waals surface area contributed by atoms with Gasteiger partial charge in [-0.25, -0.2) is 4.79 Å². The van der Waals surface area contributed by atoms with E-state index < -0.39 is 18.6 Å². The van der Waals surface area contributed by atoms with Crippen molar-refractivity contribution in [2.45, 2.75) is 50.9 Å². The standard InChI is InChI=1S/C22H25F2NO3/c1-16-7-9-18(10-8-16)22(23,24)15-28-20-12-11-19(13-20)25-21(26)27-14-17-5-3-2-4-6-17/h2-10,19-20H,11-15H2,1H3,(H,25,26)/t19-,20-/m0/s1. The number of benzene rings is 2. The quantitative estimate of drug-likeness (QED) is 0.729. The van der Waals surface area contributed by atoms with Crippen molar-refractivity contribution in [2.75, 3.05) is 6.61 Å². The molecule has 0 spiro atoms. The molecule has 0 saturated heterocycles. The second kappa shape index (κ2) is 9.15. The maximum absolute atomic E-state index is 14.3. The van der Waals surface area contributed by atoms with Gasteiger partial charge in [0.2, 0.25) is 0 Å². The first-order valence-electron chi connectivity index (χ1n) is 9.46. The van der Waals surface area contributed by atoms with Gasteiger partial charge in [-0.05, 0) is 31.7 Å². The third kappa shape index (κ3) is 5.76. The number of alkyl halides is 2. The molecule has 2 aromatic carbocycles. The number of rotatable bonds is 7. The number of carbonyl (C=O) groups excluding carboxylic acids is 1. The van der Waals surface area contributed by atoms with Crippen molar-refractivity contribution < 1.29 is 23.0 Å². The number of ether oxygens (including phenoxy) is 2. The van der Waals surface area contributed by atoms with Crippen LogP contribution in [-0.4, -0.2) is 24.8 Å². The smallest absolute Gasteiger partial charge is 0.407 e. The van der Waals surface area contributed by atoms with E-state index in [-0.39, 0.29) is 24.3 Å². The summed E-state index contributed by atoms with van der Waals surface area (Å²) in [6.07, 6.45) is 1.02. The predicted octanol–water partition coefficient (Wildman–Crippen LogP) is 4.95. The molecule has 28 heavy (non-hydrogen) atoms. The number of carbonyl (C=O) groups is 1. The Hall–Kier alpha value is -2.47. The van der Waals surface area contributed by atoms with Gasteiger partial charge in [-0.2, -0.15) is 8.78 Å². The van der Waals surface area contributed by atoms with Gasteiger partial charge in [0.25, 0.3) is 5.92 Å². The molecule has 0 unspecified atom stereocenters. The monoisotopic (exact) mass is 389 g/mol. The van der Waals surface area contributed by atoms with Crippen LogP contribution in [0.3, 0.4) is 0 Å². The van der Waals surface area contributed by atoms with Crippen molar-refractivity contribution >= 4 is 6.09 Å². The van der Waals surface area contributed by atoms with Crippen molar-refractivity contribution in [3.63, 3.8) is 0 Å². The molecule has 1 amide bonds. The van der Waals surface area contributed by atoms with Gasteiger partial charge < -0.3 is 14.8 Å². The van der Waals surface area contributed by atoms with Crippen LogP contribution < -0.4 is 5.32 Å². The van der Waals surface area contributed by atoms with Crippen molar-refractivity contribution in [3.8, 4) is 0 Å². The van der Waals surface area contributed by atoms with Crippen LogP contribution in [0.4, 0.5) is 13.6 Å². The zero-order valence-corrected chi connectivity index (χ0v) is 15.9. The molecule has 2 aromatic rings. The Labute approximate surface area is 163 Å². The van der Waals surface area contributed by atoms with E-state index in [1.165, 1.54) is 12.1 Å². The lowest BCUT2D eigenvalue weighted by atomic mass is 10.1. The Balaban J connectivity index is 1.40. The molecule has 150 valence electrons. The van der Waals surface area contributed by atoms with E-state index in [9.17, 15) is 13.6 Å². The minimum absolute atomic E-state index is 0.0461. The molecule has 0 aromatic heterocycles. The van der Waals surface area contributed by atoms with Crippen molar-refractivity contribution in [2.24, 2.45) is 0 Å². The zero-order valence-electron chi connectivity index (χ0n) is 15.9. The summed E-state index contributed by atoms with van der Waals surface area (Å²) in [5, 5.41) is 2.79. The summed E-state index contributed by atoms with van der Waals surface area (Å²) < 4.78 is 39.2. The highest BCUT2D eigenvalue weighted by atomic mass is 19.3. The summed E-state index contributed by atoms with van der Waals surface area (Å²) in [6, 6.07) is 15.5. The molecule has 1 aliphatic rings. The normalized spacial score (nSPS) is 19.4. The van der Waals surface area contributed by atoms with Crippen molar-refractivity contribution in [3.05, 3.63) is 71.3 Å². The van der Waals surface area contributed by atoms with Crippen LogP contribution in [0.5, 0.6) is 0 Å². The summed E-state index contributed by atoms with van der Waals surface area (Å²) in [6.45, 7) is 1.39. The Bertz CT molecular complexity index is 765. The molecule has 2 atom stereocenters. The number of hydrogen-bond acceptors (Lipinski definition) is 3. The van der Waals surface area contributed by atoms with E-state index in [4.69, 9.17) is 9.47 Å². The van der Waals surface area contributed by atoms with Gasteiger partial charge in [0.1, 0.15) is 13.2 Å². The molecular formula is C22H25F2NO3. The Morgan fingerprint density at radius 1 is 1.11 bits per heavy atom. The van der Waals surface area contributed by atoms with E-state index >= 15 is 0 Å². The van der Waals surface area contributed by atoms with E-state index in [1.54, 1.807) is 12.1 Å². The van der Waals surface area contributed by atoms with E-state index in [1.807, 2.05) is 37.3 Å². The van der Waals surface area contributed by atoms with Gasteiger partial charge in [-0.1, -0.05) is 60.2 Å². The third-order valence-electron chi connectivity index (χ3n) is 4.89. The second-order valence-corrected chi connectivity index (χ2v) is 7.22. The number of nitrogens with one attached hydrogen (secondary N) is 1. The molecule has 0 heterocycles. The van der Waals surface area contributed by atoms with Crippen LogP contribution in [0.15, 0.2) is 54.6 Å². The third-order valence-corrected chi connectivity index (χ3v) is 4.89. The largest absolute Gasteiger partial charge is 0.445 e. The maximum Gasteiger partial charge on any atom is 0.407 e. The molecule has 6 heteroatoms. The van der Waals surface area contributed by atoms with Gasteiger partial charge in [0, 0.05) is 11.6 Å². The molecule has 0 radical (unpaired) electrons. The first-order chi connectivity index (χ1) is 13.4. The lowest BCUT2D eigenvalue weighted by Crippen LogP contribution is -2.34. The number of hydrogen-bond donors (Lipinski definition) is 1. The molecule has 4 nitrogen and oxygen atoms in total. The highest BCUT2D eigenvalue weighted by Gasteiger charge is 2.35. The van der Waals surface area contributed by atoms with Gasteiger partial charge in [-0.15, -0.1) is 0 Å². The summed E-state index contributed by atoms with van der Waals surface area (Å²) >= 11 is 0. The summed E-state index contributed by atoms with van der Waals surface area (Å²) in [4.78, 5) is 11.9. The second-order valence-electron chi connectivity index (χ2n) is 7.22. The molecule has 0 bridgehead atoms. The minimum Gasteiger partial charge on any atom is -0.445 e. The average Bonchev–Trinajstić information content (AvgIpc) is 3.13. The highest BCUT2D eigenvalue weighted by Crippen LogP contribution is 2.31. The van der Waals surface area contributed by atoms with Crippen LogP contribution >= 0.6 is 0 Å². The molecular weight excluding hydrogens is 364 g/mol. The Morgan fingerprint density at radius 3 is 2.54 bits per heavy atom. The highest BCUT2D eigenvalue weighted by molar-refractivity contribution is 5.67. The number of alkyl carbamates (subject to hydrolysis) is 1. The average molecular weight is 389 g/mol. The van der Waals surface area contributed by atoms with Crippen molar-refractivity contribution in [1.82, 2.24) is 5.32 Å². The minimum atomic E-state index is -3.03. The molecule has 1 saturated carbocycles. The first-order valence-corrected chi connectivity index (χ1v) is 9.46. The predicted molar refractivity (Wildman–Crippen MR) is 102 cm³/mol. The fourth-order valence-corrected chi connectivity index (χ4v) is 3.26. The summed E-state index contributed by atoms with van der Waals surface area (Å²) in [5.74, 6) is -3.03. The molecule has 1 aliphatic carbocycles. The van der Waals surface area contributed by atoms with Gasteiger partial charge in [-0.3, -0.25) is 0 Å². The Kier molecular flexibility index (Phi) is 6.62. The van der Waals surface area contributed by atoms with Gasteiger partial charge in [0.05, 0.1) is 6.10 Å². The zero-order chi connectivity index (χ0) is 20.0. The van der Waals surface area contributed by atoms with E-state index in [0.29, 0.717) is 19.3 Å². The van der Waals surface area contributed by atoms with E-state index in [2.05, 4.69) is 5.32 Å². The summed E-state index contributed by atoms with van der Waals surface area (Å²) in [5.41, 5.74) is 1.79. The SMILES string of the molecule is Cc1ccc(C(F)(F)CO[C@H]2CC[C@H](NC(=O)OCc3ccccc3)C2)cc1. The summed E-state index contributed by atoms with van der Waals surface area (Å²) in [7, 11) is 0. The molecule has 1 fully saturated rings. The Morgan fingerprint density at radius 2 is 1.82 bits per heavy atom. The molecule has 0 aliphatic heterocycles. The van der Waals surface area contributed by atoms with Crippen LogP contribution in [0.2, 0.25) is 0 Å². The lowest BCUT2D eigenvalue weighted by molar-refractivity contribution is -0.103. The van der Waals surface area contributed by atoms with E-state index in [0.717, 1.165) is 11.1 Å². The van der Waals surface area contributed by atoms with Crippen LogP contribution in [-0.2, 0) is 22.0 Å². The molecule has 1 N–H and O–H groups in total. The number of aryl methyl sites for hydroxylation is 1. The molecule has 3 rings (SSSR count). The number of amides is 1. The van der Waals surface area contributed by atoms with Crippen molar-refractivity contribution in [1.29, 1.82) is 0 Å². The first kappa shape index (κ1) is 20.3. The van der Waals surface area contributed by atoms with Gasteiger partial charge >= 0.3 is 6.09 Å². The van der Waals surface area contributed by atoms with Crippen LogP contribution in [0, 0.1) is 6.92 Å². The fourth-order valence-electron chi connectivity index (χ4n) is 3.26. The topological polar surface area (TPSA) is 47.6 Å². The number of halogens is 2. The maximum atomic E-state index is 14.3. The van der Waals surface area contributed by atoms with Crippen LogP contribution in [0.25, 0.3) is 0 Å².